The summed E-state index contributed by atoms with van der Waals surface area (Å²) in [4.78, 5) is 24.4. The van der Waals surface area contributed by atoms with Crippen LogP contribution in [0.4, 0.5) is 4.79 Å². The average molecular weight is 298 g/mol. The minimum absolute atomic E-state index is 0.0501. The van der Waals surface area contributed by atoms with Crippen molar-refractivity contribution in [1.29, 1.82) is 0 Å². The Bertz CT molecular complexity index is 356. The van der Waals surface area contributed by atoms with Gasteiger partial charge in [0.05, 0.1) is 19.1 Å². The SMILES string of the molecule is O=C(O)CC1CN(C(=O)NCCCC2CCCC2)CCO1. The maximum absolute atomic E-state index is 12.0. The van der Waals surface area contributed by atoms with Gasteiger partial charge in [0.25, 0.3) is 0 Å². The second kappa shape index (κ2) is 8.22. The quantitative estimate of drug-likeness (QED) is 0.733. The Hall–Kier alpha value is -1.30. The normalized spacial score (nSPS) is 23.2. The highest BCUT2D eigenvalue weighted by atomic mass is 16.5. The van der Waals surface area contributed by atoms with Gasteiger partial charge in [-0.2, -0.15) is 0 Å². The molecule has 1 unspecified atom stereocenters. The number of amides is 2. The zero-order valence-electron chi connectivity index (χ0n) is 12.6. The van der Waals surface area contributed by atoms with Crippen molar-refractivity contribution >= 4 is 12.0 Å². The summed E-state index contributed by atoms with van der Waals surface area (Å²) in [5.41, 5.74) is 0. The van der Waals surface area contributed by atoms with E-state index in [2.05, 4.69) is 5.32 Å². The molecule has 2 N–H and O–H groups in total. The van der Waals surface area contributed by atoms with Crippen LogP contribution in [0.2, 0.25) is 0 Å². The molecule has 1 saturated carbocycles. The molecule has 0 aromatic heterocycles. The topological polar surface area (TPSA) is 78.9 Å². The van der Waals surface area contributed by atoms with E-state index in [1.807, 2.05) is 0 Å². The number of carboxylic acid groups (broad SMARTS) is 1. The van der Waals surface area contributed by atoms with E-state index in [0.29, 0.717) is 26.2 Å². The molecule has 0 aromatic rings. The van der Waals surface area contributed by atoms with E-state index in [1.54, 1.807) is 4.90 Å². The maximum atomic E-state index is 12.0. The lowest BCUT2D eigenvalue weighted by Gasteiger charge is -2.32. The smallest absolute Gasteiger partial charge is 0.317 e. The molecule has 120 valence electrons. The standard InChI is InChI=1S/C15H26N2O4/c18-14(19)10-13-11-17(8-9-21-13)15(20)16-7-3-6-12-4-1-2-5-12/h12-13H,1-11H2,(H,16,20)(H,18,19). The molecule has 0 bridgehead atoms. The molecule has 0 spiro atoms. The molecule has 2 amide bonds. The lowest BCUT2D eigenvalue weighted by atomic mass is 10.0. The number of ether oxygens (including phenoxy) is 1. The molecule has 1 saturated heterocycles. The van der Waals surface area contributed by atoms with Crippen LogP contribution >= 0.6 is 0 Å². The largest absolute Gasteiger partial charge is 0.481 e. The van der Waals surface area contributed by atoms with Gasteiger partial charge in [-0.05, 0) is 18.8 Å². The lowest BCUT2D eigenvalue weighted by Crippen LogP contribution is -2.50. The van der Waals surface area contributed by atoms with Crippen LogP contribution in [0.15, 0.2) is 0 Å². The summed E-state index contributed by atoms with van der Waals surface area (Å²) < 4.78 is 5.36. The molecule has 1 heterocycles. The summed E-state index contributed by atoms with van der Waals surface area (Å²) in [6.07, 6.45) is 7.18. The fraction of sp³-hybridized carbons (Fsp3) is 0.867. The van der Waals surface area contributed by atoms with Crippen LogP contribution in [0.25, 0.3) is 0 Å². The molecular formula is C15H26N2O4. The van der Waals surface area contributed by atoms with Crippen LogP contribution in [-0.2, 0) is 9.53 Å². The van der Waals surface area contributed by atoms with Crippen LogP contribution < -0.4 is 5.32 Å². The predicted molar refractivity (Wildman–Crippen MR) is 78.2 cm³/mol. The first kappa shape index (κ1) is 16.1. The van der Waals surface area contributed by atoms with Crippen molar-refractivity contribution in [2.24, 2.45) is 5.92 Å². The molecule has 2 fully saturated rings. The van der Waals surface area contributed by atoms with Gasteiger partial charge in [0.1, 0.15) is 0 Å². The summed E-state index contributed by atoms with van der Waals surface area (Å²) >= 11 is 0. The monoisotopic (exact) mass is 298 g/mol. The Balaban J connectivity index is 1.61. The minimum Gasteiger partial charge on any atom is -0.481 e. The summed E-state index contributed by atoms with van der Waals surface area (Å²) in [5, 5.41) is 11.7. The number of nitrogens with one attached hydrogen (secondary N) is 1. The highest BCUT2D eigenvalue weighted by Gasteiger charge is 2.25. The van der Waals surface area contributed by atoms with Gasteiger partial charge in [0.2, 0.25) is 0 Å². The molecule has 1 aliphatic heterocycles. The number of hydrogen-bond donors (Lipinski definition) is 2. The lowest BCUT2D eigenvalue weighted by molar-refractivity contribution is -0.141. The Labute approximate surface area is 125 Å². The fourth-order valence-electron chi connectivity index (χ4n) is 3.22. The van der Waals surface area contributed by atoms with E-state index in [4.69, 9.17) is 9.84 Å². The van der Waals surface area contributed by atoms with Crippen molar-refractivity contribution in [1.82, 2.24) is 10.2 Å². The summed E-state index contributed by atoms with van der Waals surface area (Å²) in [7, 11) is 0. The van der Waals surface area contributed by atoms with E-state index in [-0.39, 0.29) is 18.6 Å². The Kier molecular flexibility index (Phi) is 6.29. The van der Waals surface area contributed by atoms with Crippen molar-refractivity contribution in [3.63, 3.8) is 0 Å². The van der Waals surface area contributed by atoms with Gasteiger partial charge in [-0.25, -0.2) is 4.79 Å². The summed E-state index contributed by atoms with van der Waals surface area (Å²) in [6, 6.07) is -0.0971. The minimum atomic E-state index is -0.890. The van der Waals surface area contributed by atoms with E-state index in [9.17, 15) is 9.59 Å². The highest BCUT2D eigenvalue weighted by molar-refractivity contribution is 5.74. The van der Waals surface area contributed by atoms with Gasteiger partial charge in [-0.15, -0.1) is 0 Å². The molecule has 2 rings (SSSR count). The van der Waals surface area contributed by atoms with Crippen molar-refractivity contribution in [2.45, 2.75) is 51.0 Å². The van der Waals surface area contributed by atoms with Crippen LogP contribution in [0, 0.1) is 5.92 Å². The second-order valence-electron chi connectivity index (χ2n) is 6.06. The number of rotatable bonds is 6. The number of morpholine rings is 1. The molecule has 1 aliphatic carbocycles. The number of nitrogens with zero attached hydrogens (tertiary/aromatic N) is 1. The number of aliphatic carboxylic acids is 1. The van der Waals surface area contributed by atoms with E-state index in [1.165, 1.54) is 32.1 Å². The van der Waals surface area contributed by atoms with Gasteiger partial charge in [0, 0.05) is 19.6 Å². The predicted octanol–water partition coefficient (Wildman–Crippen LogP) is 1.84. The van der Waals surface area contributed by atoms with Crippen molar-refractivity contribution in [3.05, 3.63) is 0 Å². The molecular weight excluding hydrogens is 272 g/mol. The highest BCUT2D eigenvalue weighted by Crippen LogP contribution is 2.28. The Morgan fingerprint density at radius 1 is 1.29 bits per heavy atom. The molecule has 0 aromatic carbocycles. The number of carboxylic acids is 1. The van der Waals surface area contributed by atoms with Gasteiger partial charge in [-0.1, -0.05) is 25.7 Å². The first-order chi connectivity index (χ1) is 10.1. The van der Waals surface area contributed by atoms with Crippen LogP contribution in [0.3, 0.4) is 0 Å². The van der Waals surface area contributed by atoms with E-state index < -0.39 is 5.97 Å². The summed E-state index contributed by atoms with van der Waals surface area (Å²) in [6.45, 7) is 2.01. The number of urea groups is 1. The number of carbonyl (C=O) groups is 2. The van der Waals surface area contributed by atoms with Crippen LogP contribution in [0.5, 0.6) is 0 Å². The average Bonchev–Trinajstić information content (AvgIpc) is 2.96. The third-order valence-corrected chi connectivity index (χ3v) is 4.37. The molecule has 0 radical (unpaired) electrons. The van der Waals surface area contributed by atoms with Crippen LogP contribution in [0.1, 0.15) is 44.9 Å². The van der Waals surface area contributed by atoms with Gasteiger partial charge in [-0.3, -0.25) is 4.79 Å². The van der Waals surface area contributed by atoms with Crippen molar-refractivity contribution in [3.8, 4) is 0 Å². The van der Waals surface area contributed by atoms with Gasteiger partial charge >= 0.3 is 12.0 Å². The Morgan fingerprint density at radius 3 is 2.76 bits per heavy atom. The fourth-order valence-corrected chi connectivity index (χ4v) is 3.22. The third kappa shape index (κ3) is 5.53. The summed E-state index contributed by atoms with van der Waals surface area (Å²) in [5.74, 6) is -0.0379. The first-order valence-electron chi connectivity index (χ1n) is 8.01. The second-order valence-corrected chi connectivity index (χ2v) is 6.06. The van der Waals surface area contributed by atoms with Crippen molar-refractivity contribution in [2.75, 3.05) is 26.2 Å². The van der Waals surface area contributed by atoms with Gasteiger partial charge in [0.15, 0.2) is 0 Å². The molecule has 21 heavy (non-hydrogen) atoms. The van der Waals surface area contributed by atoms with E-state index >= 15 is 0 Å². The number of carbonyl (C=O) groups excluding carboxylic acids is 1. The van der Waals surface area contributed by atoms with Gasteiger partial charge < -0.3 is 20.1 Å². The maximum Gasteiger partial charge on any atom is 0.317 e. The Morgan fingerprint density at radius 2 is 2.05 bits per heavy atom. The zero-order valence-corrected chi connectivity index (χ0v) is 12.6. The van der Waals surface area contributed by atoms with E-state index in [0.717, 1.165) is 12.3 Å². The number of hydrogen-bond acceptors (Lipinski definition) is 3. The molecule has 6 nitrogen and oxygen atoms in total. The van der Waals surface area contributed by atoms with Crippen molar-refractivity contribution < 1.29 is 19.4 Å². The van der Waals surface area contributed by atoms with Crippen LogP contribution in [-0.4, -0.2) is 54.4 Å². The molecule has 2 aliphatic rings. The molecule has 6 heteroatoms. The first-order valence-corrected chi connectivity index (χ1v) is 8.01. The molecule has 1 atom stereocenters. The zero-order chi connectivity index (χ0) is 15.1. The third-order valence-electron chi connectivity index (χ3n) is 4.37.